The molecule has 1 fully saturated rings. The first-order chi connectivity index (χ1) is 8.49. The van der Waals surface area contributed by atoms with E-state index >= 15 is 0 Å². The van der Waals surface area contributed by atoms with Gasteiger partial charge in [0.15, 0.2) is 5.96 Å². The van der Waals surface area contributed by atoms with Crippen molar-refractivity contribution in [3.8, 4) is 0 Å². The summed E-state index contributed by atoms with van der Waals surface area (Å²) in [5, 5.41) is 11.0. The summed E-state index contributed by atoms with van der Waals surface area (Å²) in [6, 6.07) is 7.17. The molecule has 0 aliphatic carbocycles. The Labute approximate surface area is 112 Å². The molecule has 18 heavy (non-hydrogen) atoms. The van der Waals surface area contributed by atoms with Gasteiger partial charge >= 0.3 is 0 Å². The SMILES string of the molecule is CC(O)(CN=C(N)N1CCC1)c1cccc(Cl)c1. The Morgan fingerprint density at radius 2 is 2.28 bits per heavy atom. The van der Waals surface area contributed by atoms with Crippen molar-refractivity contribution in [1.82, 2.24) is 4.90 Å². The summed E-state index contributed by atoms with van der Waals surface area (Å²) in [4.78, 5) is 6.25. The van der Waals surface area contributed by atoms with Gasteiger partial charge in [-0.3, -0.25) is 0 Å². The van der Waals surface area contributed by atoms with Crippen LogP contribution >= 0.6 is 11.6 Å². The van der Waals surface area contributed by atoms with E-state index in [4.69, 9.17) is 17.3 Å². The van der Waals surface area contributed by atoms with Gasteiger partial charge in [-0.1, -0.05) is 23.7 Å². The molecule has 3 N–H and O–H groups in total. The van der Waals surface area contributed by atoms with Gasteiger partial charge in [0.25, 0.3) is 0 Å². The van der Waals surface area contributed by atoms with Gasteiger partial charge < -0.3 is 15.7 Å². The van der Waals surface area contributed by atoms with E-state index in [-0.39, 0.29) is 6.54 Å². The lowest BCUT2D eigenvalue weighted by molar-refractivity contribution is 0.0669. The van der Waals surface area contributed by atoms with Crippen molar-refractivity contribution >= 4 is 17.6 Å². The number of guanidine groups is 1. The van der Waals surface area contributed by atoms with E-state index in [9.17, 15) is 5.11 Å². The van der Waals surface area contributed by atoms with E-state index in [1.807, 2.05) is 17.0 Å². The van der Waals surface area contributed by atoms with Crippen LogP contribution in [0.15, 0.2) is 29.3 Å². The molecule has 0 aromatic heterocycles. The Morgan fingerprint density at radius 3 is 2.83 bits per heavy atom. The third-order valence-corrected chi connectivity index (χ3v) is 3.41. The molecular formula is C13H18ClN3O. The van der Waals surface area contributed by atoms with E-state index in [0.29, 0.717) is 11.0 Å². The number of hydrogen-bond donors (Lipinski definition) is 2. The first-order valence-electron chi connectivity index (χ1n) is 6.02. The van der Waals surface area contributed by atoms with Gasteiger partial charge in [0, 0.05) is 18.1 Å². The highest BCUT2D eigenvalue weighted by molar-refractivity contribution is 6.30. The molecule has 0 bridgehead atoms. The zero-order valence-electron chi connectivity index (χ0n) is 10.4. The minimum atomic E-state index is -1.06. The van der Waals surface area contributed by atoms with Crippen molar-refractivity contribution in [3.63, 3.8) is 0 Å². The fourth-order valence-electron chi connectivity index (χ4n) is 1.80. The molecule has 0 saturated carbocycles. The number of likely N-dealkylation sites (tertiary alicyclic amines) is 1. The van der Waals surface area contributed by atoms with Gasteiger partial charge in [-0.15, -0.1) is 0 Å². The third kappa shape index (κ3) is 2.94. The molecule has 1 aliphatic rings. The number of aliphatic hydroxyl groups is 1. The molecule has 1 unspecified atom stereocenters. The van der Waals surface area contributed by atoms with E-state index in [2.05, 4.69) is 4.99 Å². The van der Waals surface area contributed by atoms with Crippen LogP contribution in [-0.4, -0.2) is 35.6 Å². The smallest absolute Gasteiger partial charge is 0.191 e. The van der Waals surface area contributed by atoms with Gasteiger partial charge in [0.2, 0.25) is 0 Å². The normalized spacial score (nSPS) is 19.3. The fraction of sp³-hybridized carbons (Fsp3) is 0.462. The highest BCUT2D eigenvalue weighted by Crippen LogP contribution is 2.23. The van der Waals surface area contributed by atoms with Crippen LogP contribution in [0.25, 0.3) is 0 Å². The zero-order chi connectivity index (χ0) is 13.2. The summed E-state index contributed by atoms with van der Waals surface area (Å²) in [5.41, 5.74) is 5.52. The predicted octanol–water partition coefficient (Wildman–Crippen LogP) is 1.57. The maximum atomic E-state index is 10.4. The average Bonchev–Trinajstić information content (AvgIpc) is 2.24. The summed E-state index contributed by atoms with van der Waals surface area (Å²) in [7, 11) is 0. The van der Waals surface area contributed by atoms with Gasteiger partial charge in [-0.05, 0) is 31.0 Å². The molecule has 4 nitrogen and oxygen atoms in total. The number of nitrogens with two attached hydrogens (primary N) is 1. The standard InChI is InChI=1S/C13H18ClN3O/c1-13(18,10-4-2-5-11(14)8-10)9-16-12(15)17-6-3-7-17/h2,4-5,8,18H,3,6-7,9H2,1H3,(H2,15,16). The van der Waals surface area contributed by atoms with Crippen molar-refractivity contribution in [2.45, 2.75) is 18.9 Å². The summed E-state index contributed by atoms with van der Waals surface area (Å²) in [5.74, 6) is 0.503. The van der Waals surface area contributed by atoms with Crippen LogP contribution in [0.2, 0.25) is 5.02 Å². The predicted molar refractivity (Wildman–Crippen MR) is 73.7 cm³/mol. The van der Waals surface area contributed by atoms with Crippen molar-refractivity contribution in [1.29, 1.82) is 0 Å². The fourth-order valence-corrected chi connectivity index (χ4v) is 1.99. The second kappa shape index (κ2) is 5.16. The lowest BCUT2D eigenvalue weighted by Crippen LogP contribution is -2.47. The van der Waals surface area contributed by atoms with Gasteiger partial charge in [-0.2, -0.15) is 0 Å². The molecule has 1 heterocycles. The van der Waals surface area contributed by atoms with Crippen LogP contribution in [0.1, 0.15) is 18.9 Å². The zero-order valence-corrected chi connectivity index (χ0v) is 11.2. The number of aliphatic imine (C=N–C) groups is 1. The van der Waals surface area contributed by atoms with Crippen LogP contribution in [0, 0.1) is 0 Å². The van der Waals surface area contributed by atoms with Crippen molar-refractivity contribution < 1.29 is 5.11 Å². The summed E-state index contributed by atoms with van der Waals surface area (Å²) >= 11 is 5.92. The van der Waals surface area contributed by atoms with E-state index < -0.39 is 5.60 Å². The lowest BCUT2D eigenvalue weighted by atomic mass is 9.96. The molecule has 0 amide bonds. The van der Waals surface area contributed by atoms with Crippen LogP contribution in [0.5, 0.6) is 0 Å². The minimum Gasteiger partial charge on any atom is -0.384 e. The second-order valence-corrected chi connectivity index (χ2v) is 5.24. The Balaban J connectivity index is 2.06. The monoisotopic (exact) mass is 267 g/mol. The number of nitrogens with zero attached hydrogens (tertiary/aromatic N) is 2. The maximum absolute atomic E-state index is 10.4. The van der Waals surface area contributed by atoms with E-state index in [1.165, 1.54) is 0 Å². The Hall–Kier alpha value is -1.26. The molecule has 1 saturated heterocycles. The summed E-state index contributed by atoms with van der Waals surface area (Å²) in [6.07, 6.45) is 1.15. The molecule has 1 atom stereocenters. The largest absolute Gasteiger partial charge is 0.384 e. The highest BCUT2D eigenvalue weighted by atomic mass is 35.5. The van der Waals surface area contributed by atoms with Gasteiger partial charge in [-0.25, -0.2) is 4.99 Å². The Bertz CT molecular complexity index is 455. The van der Waals surface area contributed by atoms with Crippen molar-refractivity contribution in [2.75, 3.05) is 19.6 Å². The number of rotatable bonds is 3. The molecule has 1 aromatic rings. The molecule has 1 aromatic carbocycles. The lowest BCUT2D eigenvalue weighted by Gasteiger charge is -2.32. The topological polar surface area (TPSA) is 61.9 Å². The molecule has 2 rings (SSSR count). The quantitative estimate of drug-likeness (QED) is 0.646. The molecular weight excluding hydrogens is 250 g/mol. The van der Waals surface area contributed by atoms with E-state index in [0.717, 1.165) is 25.1 Å². The van der Waals surface area contributed by atoms with Crippen molar-refractivity contribution in [3.05, 3.63) is 34.9 Å². The van der Waals surface area contributed by atoms with Crippen molar-refractivity contribution in [2.24, 2.45) is 10.7 Å². The first kappa shape index (κ1) is 13.2. The molecule has 1 aliphatic heterocycles. The third-order valence-electron chi connectivity index (χ3n) is 3.18. The molecule has 5 heteroatoms. The van der Waals surface area contributed by atoms with E-state index in [1.54, 1.807) is 19.1 Å². The molecule has 0 spiro atoms. The first-order valence-corrected chi connectivity index (χ1v) is 6.40. The highest BCUT2D eigenvalue weighted by Gasteiger charge is 2.24. The number of hydrogen-bond acceptors (Lipinski definition) is 2. The van der Waals surface area contributed by atoms with Crippen LogP contribution in [-0.2, 0) is 5.60 Å². The summed E-state index contributed by atoms with van der Waals surface area (Å²) in [6.45, 7) is 3.85. The Morgan fingerprint density at radius 1 is 1.56 bits per heavy atom. The van der Waals surface area contributed by atoms with Crippen LogP contribution in [0.4, 0.5) is 0 Å². The molecule has 98 valence electrons. The van der Waals surface area contributed by atoms with Gasteiger partial charge in [0.1, 0.15) is 5.60 Å². The summed E-state index contributed by atoms with van der Waals surface area (Å²) < 4.78 is 0. The average molecular weight is 268 g/mol. The number of halogens is 1. The Kier molecular flexibility index (Phi) is 3.78. The second-order valence-electron chi connectivity index (χ2n) is 4.80. The number of benzene rings is 1. The molecule has 0 radical (unpaired) electrons. The maximum Gasteiger partial charge on any atom is 0.191 e. The minimum absolute atomic E-state index is 0.232. The van der Waals surface area contributed by atoms with Crippen LogP contribution < -0.4 is 5.73 Å². The van der Waals surface area contributed by atoms with Crippen LogP contribution in [0.3, 0.4) is 0 Å². The van der Waals surface area contributed by atoms with Gasteiger partial charge in [0.05, 0.1) is 6.54 Å².